The quantitative estimate of drug-likeness (QED) is 0.593. The number of non-ortho nitro benzene ring substituents is 1. The average Bonchev–Trinajstić information content (AvgIpc) is 2.34. The molecule has 1 aromatic rings. The van der Waals surface area contributed by atoms with Gasteiger partial charge in [-0.1, -0.05) is 19.1 Å². The van der Waals surface area contributed by atoms with Crippen LogP contribution in [-0.2, 0) is 16.0 Å². The second-order valence-electron chi connectivity index (χ2n) is 3.83. The number of hydrogen-bond acceptors (Lipinski definition) is 4. The molecule has 1 unspecified atom stereocenters. The summed E-state index contributed by atoms with van der Waals surface area (Å²) in [5.74, 6) is -1.06. The molecule has 0 aliphatic rings. The molecule has 0 fully saturated rings. The van der Waals surface area contributed by atoms with E-state index in [1.165, 1.54) is 18.2 Å². The van der Waals surface area contributed by atoms with E-state index in [2.05, 4.69) is 0 Å². The number of aliphatic carboxylic acids is 1. The number of ether oxygens (including phenoxy) is 1. The molecule has 0 heterocycles. The molecule has 18 heavy (non-hydrogen) atoms. The highest BCUT2D eigenvalue weighted by molar-refractivity contribution is 5.72. The first-order chi connectivity index (χ1) is 8.54. The summed E-state index contributed by atoms with van der Waals surface area (Å²) in [7, 11) is 0. The number of benzene rings is 1. The zero-order chi connectivity index (χ0) is 13.5. The predicted octanol–water partition coefficient (Wildman–Crippen LogP) is 2.02. The van der Waals surface area contributed by atoms with Gasteiger partial charge in [-0.15, -0.1) is 0 Å². The maximum absolute atomic E-state index is 11.0. The number of hydrogen-bond donors (Lipinski definition) is 1. The van der Waals surface area contributed by atoms with Gasteiger partial charge in [0, 0.05) is 25.2 Å². The van der Waals surface area contributed by atoms with Crippen molar-refractivity contribution in [3.8, 4) is 0 Å². The first-order valence-corrected chi connectivity index (χ1v) is 5.62. The van der Waals surface area contributed by atoms with Crippen LogP contribution in [0.2, 0.25) is 0 Å². The van der Waals surface area contributed by atoms with Gasteiger partial charge in [-0.25, -0.2) is 4.79 Å². The Morgan fingerprint density at radius 2 is 2.28 bits per heavy atom. The molecule has 0 aromatic heterocycles. The fourth-order valence-corrected chi connectivity index (χ4v) is 1.49. The molecule has 0 saturated carbocycles. The van der Waals surface area contributed by atoms with E-state index in [1.807, 2.05) is 6.92 Å². The fourth-order valence-electron chi connectivity index (χ4n) is 1.49. The second kappa shape index (κ2) is 6.70. The van der Waals surface area contributed by atoms with Gasteiger partial charge in [-0.3, -0.25) is 10.1 Å². The van der Waals surface area contributed by atoms with Gasteiger partial charge in [0.1, 0.15) is 0 Å². The van der Waals surface area contributed by atoms with Crippen molar-refractivity contribution in [2.45, 2.75) is 25.9 Å². The number of carboxylic acid groups (broad SMARTS) is 1. The number of carboxylic acids is 1. The van der Waals surface area contributed by atoms with Gasteiger partial charge in [0.2, 0.25) is 0 Å². The molecule has 0 bridgehead atoms. The molecule has 6 heteroatoms. The van der Waals surface area contributed by atoms with E-state index in [4.69, 9.17) is 9.84 Å². The molecule has 1 atom stereocenters. The van der Waals surface area contributed by atoms with Crippen LogP contribution in [0.5, 0.6) is 0 Å². The summed E-state index contributed by atoms with van der Waals surface area (Å²) in [4.78, 5) is 21.1. The molecular weight excluding hydrogens is 238 g/mol. The minimum Gasteiger partial charge on any atom is -0.479 e. The van der Waals surface area contributed by atoms with Crippen molar-refractivity contribution in [1.82, 2.24) is 0 Å². The van der Waals surface area contributed by atoms with Gasteiger partial charge in [0.25, 0.3) is 5.69 Å². The van der Waals surface area contributed by atoms with Crippen LogP contribution in [0.15, 0.2) is 24.3 Å². The standard InChI is InChI=1S/C12H15NO5/c1-2-6-18-11(12(14)15)8-9-4-3-5-10(7-9)13(16)17/h3-5,7,11H,2,6,8H2,1H3,(H,14,15). The van der Waals surface area contributed by atoms with Crippen molar-refractivity contribution in [3.63, 3.8) is 0 Å². The molecule has 0 amide bonds. The van der Waals surface area contributed by atoms with Gasteiger partial charge in [-0.05, 0) is 12.0 Å². The monoisotopic (exact) mass is 253 g/mol. The maximum atomic E-state index is 11.0. The fraction of sp³-hybridized carbons (Fsp3) is 0.417. The van der Waals surface area contributed by atoms with E-state index >= 15 is 0 Å². The Kier molecular flexibility index (Phi) is 5.26. The lowest BCUT2D eigenvalue weighted by Gasteiger charge is -2.12. The van der Waals surface area contributed by atoms with Crippen LogP contribution in [0.1, 0.15) is 18.9 Å². The third-order valence-electron chi connectivity index (χ3n) is 2.34. The maximum Gasteiger partial charge on any atom is 0.333 e. The molecule has 0 spiro atoms. The summed E-state index contributed by atoms with van der Waals surface area (Å²) in [6.07, 6.45) is -0.123. The Balaban J connectivity index is 2.77. The highest BCUT2D eigenvalue weighted by atomic mass is 16.6. The lowest BCUT2D eigenvalue weighted by atomic mass is 10.1. The van der Waals surface area contributed by atoms with Crippen LogP contribution in [0.25, 0.3) is 0 Å². The van der Waals surface area contributed by atoms with Crippen LogP contribution in [0, 0.1) is 10.1 Å². The lowest BCUT2D eigenvalue weighted by Crippen LogP contribution is -2.26. The van der Waals surface area contributed by atoms with Crippen LogP contribution >= 0.6 is 0 Å². The third-order valence-corrected chi connectivity index (χ3v) is 2.34. The second-order valence-corrected chi connectivity index (χ2v) is 3.83. The number of nitrogens with zero attached hydrogens (tertiary/aromatic N) is 1. The topological polar surface area (TPSA) is 89.7 Å². The Bertz CT molecular complexity index is 432. The SMILES string of the molecule is CCCOC(Cc1cccc([N+](=O)[O-])c1)C(=O)O. The van der Waals surface area contributed by atoms with Crippen molar-refractivity contribution < 1.29 is 19.6 Å². The summed E-state index contributed by atoms with van der Waals surface area (Å²) in [6.45, 7) is 2.23. The van der Waals surface area contributed by atoms with Gasteiger partial charge in [0.15, 0.2) is 6.10 Å². The third kappa shape index (κ3) is 4.14. The zero-order valence-electron chi connectivity index (χ0n) is 10.0. The Labute approximate surface area is 104 Å². The molecule has 1 N–H and O–H groups in total. The van der Waals surface area contributed by atoms with Crippen molar-refractivity contribution >= 4 is 11.7 Å². The Morgan fingerprint density at radius 3 is 2.83 bits per heavy atom. The van der Waals surface area contributed by atoms with Crippen molar-refractivity contribution in [3.05, 3.63) is 39.9 Å². The average molecular weight is 253 g/mol. The van der Waals surface area contributed by atoms with E-state index < -0.39 is 17.0 Å². The van der Waals surface area contributed by atoms with Gasteiger partial charge in [-0.2, -0.15) is 0 Å². The van der Waals surface area contributed by atoms with Crippen molar-refractivity contribution in [2.24, 2.45) is 0 Å². The number of rotatable bonds is 7. The van der Waals surface area contributed by atoms with Crippen molar-refractivity contribution in [2.75, 3.05) is 6.61 Å². The molecule has 0 radical (unpaired) electrons. The van der Waals surface area contributed by atoms with Crippen molar-refractivity contribution in [1.29, 1.82) is 0 Å². The minimum atomic E-state index is -1.06. The molecule has 6 nitrogen and oxygen atoms in total. The van der Waals surface area contributed by atoms with Crippen LogP contribution in [-0.4, -0.2) is 28.7 Å². The molecule has 0 saturated heterocycles. The smallest absolute Gasteiger partial charge is 0.333 e. The lowest BCUT2D eigenvalue weighted by molar-refractivity contribution is -0.384. The summed E-state index contributed by atoms with van der Waals surface area (Å²) < 4.78 is 5.19. The van der Waals surface area contributed by atoms with Crippen LogP contribution < -0.4 is 0 Å². The highest BCUT2D eigenvalue weighted by Gasteiger charge is 2.19. The highest BCUT2D eigenvalue weighted by Crippen LogP contribution is 2.15. The number of carbonyl (C=O) groups is 1. The zero-order valence-corrected chi connectivity index (χ0v) is 10.0. The predicted molar refractivity (Wildman–Crippen MR) is 64.5 cm³/mol. The van der Waals surface area contributed by atoms with E-state index in [1.54, 1.807) is 6.07 Å². The molecule has 0 aliphatic carbocycles. The molecule has 1 aromatic carbocycles. The van der Waals surface area contributed by atoms with E-state index in [-0.39, 0.29) is 12.1 Å². The van der Waals surface area contributed by atoms with Crippen LogP contribution in [0.3, 0.4) is 0 Å². The largest absolute Gasteiger partial charge is 0.479 e. The van der Waals surface area contributed by atoms with E-state index in [0.717, 1.165) is 6.42 Å². The van der Waals surface area contributed by atoms with Gasteiger partial charge >= 0.3 is 5.97 Å². The summed E-state index contributed by atoms with van der Waals surface area (Å²) in [5, 5.41) is 19.6. The number of nitro groups is 1. The summed E-state index contributed by atoms with van der Waals surface area (Å²) >= 11 is 0. The minimum absolute atomic E-state index is 0.0490. The first-order valence-electron chi connectivity index (χ1n) is 5.62. The first kappa shape index (κ1) is 14.1. The Morgan fingerprint density at radius 1 is 1.56 bits per heavy atom. The van der Waals surface area contributed by atoms with E-state index in [9.17, 15) is 14.9 Å². The molecule has 1 rings (SSSR count). The molecular formula is C12H15NO5. The van der Waals surface area contributed by atoms with Gasteiger partial charge < -0.3 is 9.84 Å². The summed E-state index contributed by atoms with van der Waals surface area (Å²) in [5.41, 5.74) is 0.528. The molecule has 98 valence electrons. The van der Waals surface area contributed by atoms with E-state index in [0.29, 0.717) is 12.2 Å². The Hall–Kier alpha value is -1.95. The van der Waals surface area contributed by atoms with Crippen LogP contribution in [0.4, 0.5) is 5.69 Å². The summed E-state index contributed by atoms with van der Waals surface area (Å²) in [6, 6.07) is 5.92. The molecule has 0 aliphatic heterocycles. The number of nitro benzene ring substituents is 1. The normalized spacial score (nSPS) is 12.1. The van der Waals surface area contributed by atoms with Gasteiger partial charge in [0.05, 0.1) is 4.92 Å².